The van der Waals surface area contributed by atoms with E-state index in [2.05, 4.69) is 61.8 Å². The third-order valence-electron chi connectivity index (χ3n) is 12.3. The lowest BCUT2D eigenvalue weighted by Gasteiger charge is -2.61. The number of hydrogen-bond donors (Lipinski definition) is 3. The van der Waals surface area contributed by atoms with Crippen LogP contribution in [0.4, 0.5) is 0 Å². The summed E-state index contributed by atoms with van der Waals surface area (Å²) in [6.45, 7) is 12.6. The van der Waals surface area contributed by atoms with Crippen molar-refractivity contribution in [3.05, 3.63) is 11.6 Å². The zero-order chi connectivity index (χ0) is 31.6. The van der Waals surface area contributed by atoms with E-state index in [9.17, 15) is 19.8 Å². The number of nitrogens with two attached hydrogens (primary N) is 1. The summed E-state index contributed by atoms with van der Waals surface area (Å²) in [4.78, 5) is 19.7. The number of fused-ring (bicyclic) bond motifs is 5. The zero-order valence-electron chi connectivity index (χ0n) is 27.9. The predicted molar refractivity (Wildman–Crippen MR) is 166 cm³/mol. The number of carboxylic acid groups (broad SMARTS) is 2. The fourth-order valence-corrected chi connectivity index (χ4v) is 10.2. The number of quaternary nitrogens is 1. The fraction of sp³-hybridized carbons (Fsp3) is 0.886. The maximum absolute atomic E-state index is 10.7. The van der Waals surface area contributed by atoms with Crippen LogP contribution in [0, 0.1) is 46.3 Å². The molecule has 4 aliphatic rings. The first kappa shape index (κ1) is 35.0. The van der Waals surface area contributed by atoms with Gasteiger partial charge in [0.15, 0.2) is 0 Å². The number of carbonyl (C=O) groups is 2. The Balaban J connectivity index is 0.000000416. The lowest BCUT2D eigenvalue weighted by molar-refractivity contribution is -0.905. The summed E-state index contributed by atoms with van der Waals surface area (Å²) in [6.07, 6.45) is 15.3. The monoisotopic (exact) mass is 590 g/mol. The van der Waals surface area contributed by atoms with Crippen LogP contribution < -0.4 is 10.8 Å². The molecule has 4 N–H and O–H groups in total. The molecule has 4 rings (SSSR count). The molecule has 0 aromatic heterocycles. The van der Waals surface area contributed by atoms with Gasteiger partial charge in [0.1, 0.15) is 6.04 Å². The number of aliphatic hydroxyl groups excluding tert-OH is 1. The molecule has 3 saturated carbocycles. The minimum atomic E-state index is -1.42. The van der Waals surface area contributed by atoms with Crippen molar-refractivity contribution >= 4 is 11.9 Å². The number of carboxylic acids is 2. The van der Waals surface area contributed by atoms with Gasteiger partial charge in [-0.2, -0.15) is 0 Å². The Morgan fingerprint density at radius 2 is 1.74 bits per heavy atom. The summed E-state index contributed by atoms with van der Waals surface area (Å²) < 4.78 is 0.978. The number of hydrogen-bond acceptors (Lipinski definition) is 5. The van der Waals surface area contributed by atoms with E-state index in [4.69, 9.17) is 10.8 Å². The molecule has 0 bridgehead atoms. The fourth-order valence-electron chi connectivity index (χ4n) is 10.2. The number of carbonyl (C=O) groups excluding carboxylic acids is 1. The molecular weight excluding hydrogens is 528 g/mol. The molecule has 0 spiro atoms. The van der Waals surface area contributed by atoms with Crippen LogP contribution in [0.5, 0.6) is 0 Å². The second-order valence-electron chi connectivity index (χ2n) is 16.2. The van der Waals surface area contributed by atoms with E-state index >= 15 is 0 Å². The molecular formula is C35H62N2O5. The first-order valence-corrected chi connectivity index (χ1v) is 16.8. The molecule has 0 aromatic rings. The molecule has 42 heavy (non-hydrogen) atoms. The number of aliphatic carboxylic acids is 2. The summed E-state index contributed by atoms with van der Waals surface area (Å²) in [5, 5.41) is 28.7. The quantitative estimate of drug-likeness (QED) is 0.243. The van der Waals surface area contributed by atoms with Crippen molar-refractivity contribution in [1.82, 2.24) is 0 Å². The molecule has 3 fully saturated rings. The first-order chi connectivity index (χ1) is 19.4. The first-order valence-electron chi connectivity index (χ1n) is 16.8. The van der Waals surface area contributed by atoms with Crippen LogP contribution in [0.2, 0.25) is 0 Å². The van der Waals surface area contributed by atoms with Crippen molar-refractivity contribution < 1.29 is 29.4 Å². The molecule has 0 radical (unpaired) electrons. The van der Waals surface area contributed by atoms with Gasteiger partial charge >= 0.3 is 5.97 Å². The van der Waals surface area contributed by atoms with Crippen molar-refractivity contribution in [3.8, 4) is 0 Å². The Hall–Kier alpha value is -1.44. The normalized spacial score (nSPS) is 37.4. The van der Waals surface area contributed by atoms with Crippen LogP contribution in [-0.2, 0) is 9.59 Å². The average Bonchev–Trinajstić information content (AvgIpc) is 3.24. The van der Waals surface area contributed by atoms with Gasteiger partial charge in [-0.1, -0.05) is 58.6 Å². The Kier molecular flexibility index (Phi) is 11.4. The molecule has 0 aromatic carbocycles. The zero-order valence-corrected chi connectivity index (χ0v) is 27.9. The molecule has 4 aliphatic carbocycles. The minimum Gasteiger partial charge on any atom is -0.548 e. The van der Waals surface area contributed by atoms with Crippen LogP contribution in [0.1, 0.15) is 112 Å². The van der Waals surface area contributed by atoms with Crippen LogP contribution >= 0.6 is 0 Å². The molecule has 7 heteroatoms. The molecule has 7 nitrogen and oxygen atoms in total. The highest BCUT2D eigenvalue weighted by molar-refractivity contribution is 5.72. The minimum absolute atomic E-state index is 0.0856. The summed E-state index contributed by atoms with van der Waals surface area (Å²) in [7, 11) is 7.10. The summed E-state index contributed by atoms with van der Waals surface area (Å²) >= 11 is 0. The molecule has 10 atom stereocenters. The van der Waals surface area contributed by atoms with Gasteiger partial charge < -0.3 is 30.3 Å². The average molecular weight is 591 g/mol. The third-order valence-corrected chi connectivity index (χ3v) is 12.3. The van der Waals surface area contributed by atoms with E-state index in [0.29, 0.717) is 11.5 Å². The maximum Gasteiger partial charge on any atom is 0.303 e. The third kappa shape index (κ3) is 7.43. The van der Waals surface area contributed by atoms with Crippen molar-refractivity contribution in [2.75, 3.05) is 21.1 Å². The van der Waals surface area contributed by atoms with Gasteiger partial charge in [0.25, 0.3) is 0 Å². The van der Waals surface area contributed by atoms with Gasteiger partial charge in [-0.05, 0) is 92.8 Å². The summed E-state index contributed by atoms with van der Waals surface area (Å²) in [5.74, 6) is 2.77. The lowest BCUT2D eigenvalue weighted by atomic mass is 9.45. The largest absolute Gasteiger partial charge is 0.548 e. The van der Waals surface area contributed by atoms with Crippen LogP contribution in [-0.4, -0.2) is 66.0 Å². The van der Waals surface area contributed by atoms with E-state index in [-0.39, 0.29) is 24.4 Å². The number of aliphatic hydroxyl groups is 1. The van der Waals surface area contributed by atoms with Crippen LogP contribution in [0.3, 0.4) is 0 Å². The molecule has 242 valence electrons. The molecule has 0 amide bonds. The van der Waals surface area contributed by atoms with Gasteiger partial charge in [-0.3, -0.25) is 4.79 Å². The van der Waals surface area contributed by atoms with E-state index in [1.54, 1.807) is 5.57 Å². The van der Waals surface area contributed by atoms with Crippen molar-refractivity contribution in [2.24, 2.45) is 52.1 Å². The SMILES string of the molecule is CC(C)CCC[C@@H](C)[C@H]1CC[C@H]2[C@@H]3CC=C4C[C@H](O)CC([N+](C)(C)C)[C@]4(C)[C@H]3CC[C@]12C.N[C@H](CCC(=O)O)C(=O)[O-]. The van der Waals surface area contributed by atoms with Crippen LogP contribution in [0.25, 0.3) is 0 Å². The van der Waals surface area contributed by atoms with E-state index in [1.807, 2.05) is 0 Å². The lowest BCUT2D eigenvalue weighted by Crippen LogP contribution is -2.63. The Labute approximate surface area is 255 Å². The summed E-state index contributed by atoms with van der Waals surface area (Å²) in [6, 6.07) is -0.641. The topological polar surface area (TPSA) is 124 Å². The van der Waals surface area contributed by atoms with E-state index < -0.39 is 18.0 Å². The Bertz CT molecular complexity index is 973. The maximum atomic E-state index is 10.7. The van der Waals surface area contributed by atoms with Gasteiger partial charge in [0, 0.05) is 24.3 Å². The van der Waals surface area contributed by atoms with Gasteiger partial charge in [0.05, 0.1) is 33.2 Å². The standard InChI is InChI=1S/C30H54NO.C5H9NO4/c1-20(2)10-9-11-21(3)25-14-15-26-24-13-12-22-18-23(32)19-28(31(6,7)8)30(22,5)27(24)16-17-29(25,26)4;6-3(5(9)10)1-2-4(7)8/h12,20-21,23-28,32H,9-11,13-19H2,1-8H3;3H,1-2,6H2,(H,7,8)(H,9,10)/q+1;/p-1/t21-,23+,24+,25-,26+,27+,28?,29-,30+;3-/m11/s1. The number of allylic oxidation sites excluding steroid dienone is 1. The highest BCUT2D eigenvalue weighted by atomic mass is 16.4. The highest BCUT2D eigenvalue weighted by Crippen LogP contribution is 2.67. The van der Waals surface area contributed by atoms with Gasteiger partial charge in [0.2, 0.25) is 0 Å². The van der Waals surface area contributed by atoms with Crippen molar-refractivity contribution in [2.45, 2.75) is 130 Å². The number of rotatable bonds is 10. The smallest absolute Gasteiger partial charge is 0.303 e. The summed E-state index contributed by atoms with van der Waals surface area (Å²) in [5.41, 5.74) is 7.37. The van der Waals surface area contributed by atoms with Crippen molar-refractivity contribution in [1.29, 1.82) is 0 Å². The van der Waals surface area contributed by atoms with E-state index in [0.717, 1.165) is 52.8 Å². The Morgan fingerprint density at radius 1 is 1.07 bits per heavy atom. The van der Waals surface area contributed by atoms with Gasteiger partial charge in [-0.15, -0.1) is 0 Å². The Morgan fingerprint density at radius 3 is 2.31 bits per heavy atom. The van der Waals surface area contributed by atoms with Crippen molar-refractivity contribution in [3.63, 3.8) is 0 Å². The molecule has 0 saturated heterocycles. The second kappa shape index (κ2) is 13.7. The number of nitrogens with zero attached hydrogens (tertiary/aromatic N) is 1. The second-order valence-corrected chi connectivity index (χ2v) is 16.2. The molecule has 0 aliphatic heterocycles. The highest BCUT2D eigenvalue weighted by Gasteiger charge is 2.63. The van der Waals surface area contributed by atoms with Crippen LogP contribution in [0.15, 0.2) is 11.6 Å². The predicted octanol–water partition coefficient (Wildman–Crippen LogP) is 5.00. The molecule has 0 heterocycles. The molecule has 1 unspecified atom stereocenters. The van der Waals surface area contributed by atoms with E-state index in [1.165, 1.54) is 51.4 Å². The van der Waals surface area contributed by atoms with Gasteiger partial charge in [-0.25, -0.2) is 0 Å².